The lowest BCUT2D eigenvalue weighted by atomic mass is 10.2. The first kappa shape index (κ1) is 15.2. The molecule has 0 aliphatic rings. The molecule has 23 heavy (non-hydrogen) atoms. The van der Waals surface area contributed by atoms with Gasteiger partial charge in [0.1, 0.15) is 11.5 Å². The first-order valence-corrected chi connectivity index (χ1v) is 7.03. The zero-order chi connectivity index (χ0) is 16.4. The van der Waals surface area contributed by atoms with Gasteiger partial charge in [-0.25, -0.2) is 14.2 Å². The van der Waals surface area contributed by atoms with Crippen molar-refractivity contribution in [3.63, 3.8) is 0 Å². The van der Waals surface area contributed by atoms with E-state index in [9.17, 15) is 9.18 Å². The lowest BCUT2D eigenvalue weighted by Crippen LogP contribution is -2.01. The summed E-state index contributed by atoms with van der Waals surface area (Å²) in [7, 11) is 1.59. The molecule has 0 aliphatic carbocycles. The minimum absolute atomic E-state index is 0.00520. The molecule has 1 aromatic carbocycles. The number of methoxy groups -OCH3 is 1. The lowest BCUT2D eigenvalue weighted by Gasteiger charge is -2.05. The normalized spacial score (nSPS) is 11.0. The highest BCUT2D eigenvalue weighted by Gasteiger charge is 2.13. The molecule has 0 atom stereocenters. The molecular formula is C17H15FN2O3. The van der Waals surface area contributed by atoms with E-state index in [4.69, 9.17) is 9.84 Å². The van der Waals surface area contributed by atoms with Crippen LogP contribution in [-0.4, -0.2) is 27.7 Å². The highest BCUT2D eigenvalue weighted by atomic mass is 19.1. The van der Waals surface area contributed by atoms with Gasteiger partial charge >= 0.3 is 5.97 Å². The lowest BCUT2D eigenvalue weighted by molar-refractivity contribution is 0.0690. The van der Waals surface area contributed by atoms with Gasteiger partial charge in [-0.15, -0.1) is 0 Å². The molecule has 0 saturated heterocycles. The smallest absolute Gasteiger partial charge is 0.354 e. The first-order chi connectivity index (χ1) is 11.1. The summed E-state index contributed by atoms with van der Waals surface area (Å²) in [5.74, 6) is -1.35. The zero-order valence-electron chi connectivity index (χ0n) is 12.5. The number of aromatic carboxylic acids is 1. The van der Waals surface area contributed by atoms with E-state index in [0.717, 1.165) is 22.0 Å². The summed E-state index contributed by atoms with van der Waals surface area (Å²) in [6, 6.07) is 7.81. The number of pyridine rings is 1. The van der Waals surface area contributed by atoms with Gasteiger partial charge in [0.2, 0.25) is 0 Å². The van der Waals surface area contributed by atoms with Crippen LogP contribution in [0.3, 0.4) is 0 Å². The molecular weight excluding hydrogens is 299 g/mol. The summed E-state index contributed by atoms with van der Waals surface area (Å²) in [5.41, 5.74) is 2.63. The summed E-state index contributed by atoms with van der Waals surface area (Å²) < 4.78 is 20.2. The van der Waals surface area contributed by atoms with Crippen molar-refractivity contribution in [1.29, 1.82) is 0 Å². The van der Waals surface area contributed by atoms with E-state index in [0.29, 0.717) is 13.2 Å². The van der Waals surface area contributed by atoms with Gasteiger partial charge in [0.15, 0.2) is 0 Å². The van der Waals surface area contributed by atoms with Crippen LogP contribution >= 0.6 is 0 Å². The van der Waals surface area contributed by atoms with Crippen molar-refractivity contribution in [2.24, 2.45) is 0 Å². The Bertz CT molecular complexity index is 856. The molecule has 2 heterocycles. The Labute approximate surface area is 132 Å². The number of ether oxygens (including phenoxy) is 1. The molecule has 3 rings (SSSR count). The molecule has 2 aromatic heterocycles. The second kappa shape index (κ2) is 6.18. The van der Waals surface area contributed by atoms with Gasteiger partial charge < -0.3 is 14.4 Å². The number of rotatable bonds is 5. The number of hydrogen-bond acceptors (Lipinski definition) is 3. The summed E-state index contributed by atoms with van der Waals surface area (Å²) in [5, 5.41) is 9.89. The van der Waals surface area contributed by atoms with Crippen LogP contribution in [0.1, 0.15) is 21.6 Å². The van der Waals surface area contributed by atoms with Gasteiger partial charge in [0.05, 0.1) is 18.3 Å². The van der Waals surface area contributed by atoms with Crippen LogP contribution in [0.4, 0.5) is 4.39 Å². The van der Waals surface area contributed by atoms with Crippen molar-refractivity contribution < 1.29 is 19.0 Å². The van der Waals surface area contributed by atoms with E-state index in [-0.39, 0.29) is 11.5 Å². The third kappa shape index (κ3) is 3.07. The average Bonchev–Trinajstić information content (AvgIpc) is 2.87. The average molecular weight is 314 g/mol. The van der Waals surface area contributed by atoms with Gasteiger partial charge in [0, 0.05) is 30.8 Å². The van der Waals surface area contributed by atoms with Crippen molar-refractivity contribution >= 4 is 16.9 Å². The number of hydrogen-bond donors (Lipinski definition) is 1. The van der Waals surface area contributed by atoms with Gasteiger partial charge in [-0.3, -0.25) is 0 Å². The molecule has 0 unspecified atom stereocenters. The third-order valence-corrected chi connectivity index (χ3v) is 3.64. The minimum atomic E-state index is -1.07. The minimum Gasteiger partial charge on any atom is -0.477 e. The van der Waals surface area contributed by atoms with Crippen molar-refractivity contribution in [1.82, 2.24) is 9.55 Å². The van der Waals surface area contributed by atoms with Gasteiger partial charge in [-0.05, 0) is 23.8 Å². The number of benzene rings is 1. The number of halogens is 1. The molecule has 118 valence electrons. The van der Waals surface area contributed by atoms with Crippen LogP contribution in [0.5, 0.6) is 0 Å². The third-order valence-electron chi connectivity index (χ3n) is 3.64. The molecule has 0 radical (unpaired) electrons. The van der Waals surface area contributed by atoms with Crippen molar-refractivity contribution in [2.45, 2.75) is 13.2 Å². The van der Waals surface area contributed by atoms with Crippen LogP contribution in [-0.2, 0) is 17.9 Å². The van der Waals surface area contributed by atoms with Crippen LogP contribution < -0.4 is 0 Å². The van der Waals surface area contributed by atoms with Gasteiger partial charge in [-0.1, -0.05) is 12.1 Å². The molecule has 0 spiro atoms. The van der Waals surface area contributed by atoms with E-state index < -0.39 is 5.97 Å². The van der Waals surface area contributed by atoms with Crippen LogP contribution in [0, 0.1) is 5.82 Å². The number of fused-ring (bicyclic) bond motifs is 1. The summed E-state index contributed by atoms with van der Waals surface area (Å²) in [6.45, 7) is 0.907. The molecule has 0 aliphatic heterocycles. The molecule has 0 saturated carbocycles. The largest absolute Gasteiger partial charge is 0.477 e. The number of carbonyl (C=O) groups is 1. The molecule has 1 N–H and O–H groups in total. The van der Waals surface area contributed by atoms with Crippen LogP contribution in [0.25, 0.3) is 10.9 Å². The van der Waals surface area contributed by atoms with Crippen molar-refractivity contribution in [2.75, 3.05) is 7.11 Å². The molecule has 0 amide bonds. The Morgan fingerprint density at radius 1 is 1.35 bits per heavy atom. The predicted octanol–water partition coefficient (Wildman–Crippen LogP) is 3.07. The highest BCUT2D eigenvalue weighted by molar-refractivity contribution is 5.92. The molecule has 6 heteroatoms. The number of carboxylic acid groups (broad SMARTS) is 1. The molecule has 5 nitrogen and oxygen atoms in total. The van der Waals surface area contributed by atoms with Crippen molar-refractivity contribution in [3.05, 3.63) is 65.4 Å². The quantitative estimate of drug-likeness (QED) is 0.786. The van der Waals surface area contributed by atoms with Crippen LogP contribution in [0.2, 0.25) is 0 Å². The van der Waals surface area contributed by atoms with Gasteiger partial charge in [0.25, 0.3) is 0 Å². The van der Waals surface area contributed by atoms with E-state index >= 15 is 0 Å². The Kier molecular flexibility index (Phi) is 4.08. The maximum atomic E-state index is 13.0. The number of aromatic nitrogens is 2. The van der Waals surface area contributed by atoms with E-state index in [1.165, 1.54) is 12.1 Å². The van der Waals surface area contributed by atoms with Gasteiger partial charge in [-0.2, -0.15) is 0 Å². The zero-order valence-corrected chi connectivity index (χ0v) is 12.5. The maximum Gasteiger partial charge on any atom is 0.354 e. The van der Waals surface area contributed by atoms with Crippen molar-refractivity contribution in [3.8, 4) is 0 Å². The topological polar surface area (TPSA) is 64.4 Å². The van der Waals surface area contributed by atoms with E-state index in [1.54, 1.807) is 31.5 Å². The molecule has 3 aromatic rings. The Hall–Kier alpha value is -2.73. The SMILES string of the molecule is COCc1cn(Cc2ccc(F)cc2)c2cnc(C(=O)O)cc12. The Morgan fingerprint density at radius 2 is 2.09 bits per heavy atom. The fourth-order valence-electron chi connectivity index (χ4n) is 2.57. The van der Waals surface area contributed by atoms with E-state index in [2.05, 4.69) is 4.98 Å². The number of nitrogens with zero attached hydrogens (tertiary/aromatic N) is 2. The molecule has 0 bridgehead atoms. The Morgan fingerprint density at radius 3 is 2.74 bits per heavy atom. The second-order valence-electron chi connectivity index (χ2n) is 5.23. The summed E-state index contributed by atoms with van der Waals surface area (Å²) >= 11 is 0. The van der Waals surface area contributed by atoms with Crippen LogP contribution in [0.15, 0.2) is 42.7 Å². The maximum absolute atomic E-state index is 13.0. The Balaban J connectivity index is 2.06. The van der Waals surface area contributed by atoms with E-state index in [1.807, 2.05) is 10.8 Å². The first-order valence-electron chi connectivity index (χ1n) is 7.03. The highest BCUT2D eigenvalue weighted by Crippen LogP contribution is 2.23. The fourth-order valence-corrected chi connectivity index (χ4v) is 2.57. The second-order valence-corrected chi connectivity index (χ2v) is 5.23. The molecule has 0 fully saturated rings. The fraction of sp³-hybridized carbons (Fsp3) is 0.176. The standard InChI is InChI=1S/C17H15FN2O3/c1-23-10-12-9-20(8-11-2-4-13(18)5-3-11)16-7-19-15(17(21)22)6-14(12)16/h2-7,9H,8,10H2,1H3,(H,21,22). The predicted molar refractivity (Wildman–Crippen MR) is 82.9 cm³/mol. The summed E-state index contributed by atoms with van der Waals surface area (Å²) in [4.78, 5) is 15.1. The number of carboxylic acids is 1. The summed E-state index contributed by atoms with van der Waals surface area (Å²) in [6.07, 6.45) is 3.45. The monoisotopic (exact) mass is 314 g/mol.